The van der Waals surface area contributed by atoms with Crippen LogP contribution >= 0.6 is 11.3 Å². The van der Waals surface area contributed by atoms with Crippen molar-refractivity contribution in [2.24, 2.45) is 0 Å². The Bertz CT molecular complexity index is 972. The number of carbonyl (C=O) groups excluding carboxylic acids is 1. The van der Waals surface area contributed by atoms with Gasteiger partial charge in [-0.05, 0) is 46.8 Å². The second-order valence-electron chi connectivity index (χ2n) is 5.90. The van der Waals surface area contributed by atoms with Crippen LogP contribution in [-0.2, 0) is 14.6 Å². The van der Waals surface area contributed by atoms with Crippen LogP contribution in [0.2, 0.25) is 0 Å². The first kappa shape index (κ1) is 20.2. The van der Waals surface area contributed by atoms with Crippen LogP contribution < -0.4 is 14.8 Å². The van der Waals surface area contributed by atoms with Crippen LogP contribution in [0.3, 0.4) is 0 Å². The van der Waals surface area contributed by atoms with Crippen LogP contribution in [0.4, 0.5) is 0 Å². The minimum absolute atomic E-state index is 0.119. The van der Waals surface area contributed by atoms with Crippen molar-refractivity contribution in [1.29, 1.82) is 0 Å². The van der Waals surface area contributed by atoms with Gasteiger partial charge < -0.3 is 14.6 Å². The second-order valence-corrected chi connectivity index (χ2v) is 8.84. The number of benzene rings is 2. The minimum atomic E-state index is -3.51. The molecule has 0 radical (unpaired) electrons. The molecule has 0 saturated carbocycles. The molecule has 28 heavy (non-hydrogen) atoms. The van der Waals surface area contributed by atoms with E-state index in [2.05, 4.69) is 10.0 Å². The first-order valence-electron chi connectivity index (χ1n) is 8.55. The van der Waals surface area contributed by atoms with Crippen molar-refractivity contribution in [3.63, 3.8) is 0 Å². The highest BCUT2D eigenvalue weighted by Crippen LogP contribution is 2.24. The van der Waals surface area contributed by atoms with E-state index in [0.717, 1.165) is 28.2 Å². The van der Waals surface area contributed by atoms with Gasteiger partial charge in [-0.2, -0.15) is 0 Å². The summed E-state index contributed by atoms with van der Waals surface area (Å²) in [5.41, 5.74) is 2.47. The highest BCUT2D eigenvalue weighted by Gasteiger charge is 2.20. The number of amides is 1. The van der Waals surface area contributed by atoms with E-state index in [1.807, 2.05) is 36.4 Å². The zero-order valence-electron chi connectivity index (χ0n) is 15.2. The normalized spacial score (nSPS) is 12.9. The fraction of sp³-hybridized carbons (Fsp3) is 0.150. The van der Waals surface area contributed by atoms with E-state index in [1.54, 1.807) is 30.7 Å². The Kier molecular flexibility index (Phi) is 6.58. The Morgan fingerprint density at radius 2 is 1.86 bits per heavy atom. The van der Waals surface area contributed by atoms with Crippen LogP contribution in [0.1, 0.15) is 10.4 Å². The second kappa shape index (κ2) is 9.11. The van der Waals surface area contributed by atoms with Crippen molar-refractivity contribution in [2.75, 3.05) is 20.2 Å². The fourth-order valence-electron chi connectivity index (χ4n) is 2.57. The third-order valence-corrected chi connectivity index (χ3v) is 6.87. The Labute approximate surface area is 169 Å². The highest BCUT2D eigenvalue weighted by molar-refractivity contribution is 7.97. The maximum absolute atomic E-state index is 12.2. The molecule has 0 fully saturated rings. The zero-order chi connectivity index (χ0) is 20.0. The zero-order valence-corrected chi connectivity index (χ0v) is 16.8. The lowest BCUT2D eigenvalue weighted by molar-refractivity contribution is 0.0954. The molecule has 8 heteroatoms. The van der Waals surface area contributed by atoms with Gasteiger partial charge in [0, 0.05) is 18.2 Å². The molecule has 0 aliphatic carbocycles. The molecule has 0 saturated heterocycles. The molecule has 2 N–H and O–H groups in total. The maximum atomic E-state index is 12.2. The lowest BCUT2D eigenvalue weighted by Gasteiger charge is -2.13. The third-order valence-electron chi connectivity index (χ3n) is 4.01. The van der Waals surface area contributed by atoms with Gasteiger partial charge in [-0.1, -0.05) is 39.8 Å². The Balaban J connectivity index is 1.53. The summed E-state index contributed by atoms with van der Waals surface area (Å²) >= 11 is 1.15. The molecule has 3 aromatic rings. The van der Waals surface area contributed by atoms with Crippen LogP contribution in [-0.4, -0.2) is 30.7 Å². The third kappa shape index (κ3) is 5.05. The monoisotopic (exact) mass is 416 g/mol. The predicted octanol–water partition coefficient (Wildman–Crippen LogP) is 3.35. The predicted molar refractivity (Wildman–Crippen MR) is 110 cm³/mol. The molecule has 1 heterocycles. The number of hydrogen-bond donors (Lipinski definition) is 2. The molecule has 1 amide bonds. The Morgan fingerprint density at radius 3 is 2.54 bits per heavy atom. The van der Waals surface area contributed by atoms with Gasteiger partial charge in [-0.15, -0.1) is 4.72 Å². The lowest BCUT2D eigenvalue weighted by Crippen LogP contribution is -2.37. The molecule has 1 unspecified atom stereocenters. The smallest absolute Gasteiger partial charge is 0.251 e. The van der Waals surface area contributed by atoms with Gasteiger partial charge in [0.05, 0.1) is 13.7 Å². The largest absolute Gasteiger partial charge is 0.592 e. The molecular weight excluding hydrogens is 396 g/mol. The molecule has 0 bridgehead atoms. The fourth-order valence-corrected chi connectivity index (χ4v) is 4.64. The van der Waals surface area contributed by atoms with Crippen LogP contribution in [0, 0.1) is 0 Å². The van der Waals surface area contributed by atoms with Crippen LogP contribution in [0.15, 0.2) is 70.3 Å². The number of carbonyl (C=O) groups is 1. The van der Waals surface area contributed by atoms with Crippen molar-refractivity contribution >= 4 is 27.6 Å². The van der Waals surface area contributed by atoms with Crippen molar-refractivity contribution in [3.05, 3.63) is 71.6 Å². The van der Waals surface area contributed by atoms with Gasteiger partial charge in [-0.25, -0.2) is 0 Å². The number of hydrogen-bond acceptors (Lipinski definition) is 5. The number of sulfonamides is 1. The molecule has 1 aromatic heterocycles. The van der Waals surface area contributed by atoms with Gasteiger partial charge in [-0.3, -0.25) is 4.79 Å². The number of nitrogens with one attached hydrogen (secondary N) is 2. The summed E-state index contributed by atoms with van der Waals surface area (Å²) < 4.78 is 32.0. The summed E-state index contributed by atoms with van der Waals surface area (Å²) in [6.07, 6.45) is 0. The number of ether oxygens (including phenoxy) is 1. The van der Waals surface area contributed by atoms with Gasteiger partial charge >= 0.3 is 0 Å². The average Bonchev–Trinajstić information content (AvgIpc) is 3.27. The van der Waals surface area contributed by atoms with Crippen molar-refractivity contribution in [2.45, 2.75) is 4.21 Å². The van der Waals surface area contributed by atoms with Gasteiger partial charge in [0.25, 0.3) is 5.91 Å². The van der Waals surface area contributed by atoms with Crippen molar-refractivity contribution < 1.29 is 18.3 Å². The van der Waals surface area contributed by atoms with Gasteiger partial charge in [0.1, 0.15) is 5.75 Å². The number of methoxy groups -OCH3 is 1. The Morgan fingerprint density at radius 1 is 1.07 bits per heavy atom. The highest BCUT2D eigenvalue weighted by atomic mass is 32.3. The van der Waals surface area contributed by atoms with E-state index in [0.29, 0.717) is 5.56 Å². The minimum Gasteiger partial charge on any atom is -0.592 e. The first-order valence-corrected chi connectivity index (χ1v) is 10.9. The van der Waals surface area contributed by atoms with Crippen molar-refractivity contribution in [3.8, 4) is 16.9 Å². The number of thiophene rings is 1. The SMILES string of the molecule is COc1cccc(-c2ccc(C(=O)NCCN[S+](=O)([O-])c3cccs3)cc2)c1. The maximum Gasteiger partial charge on any atom is 0.251 e. The molecule has 0 aliphatic heterocycles. The lowest BCUT2D eigenvalue weighted by atomic mass is 10.0. The molecule has 1 atom stereocenters. The van der Waals surface area contributed by atoms with E-state index >= 15 is 0 Å². The van der Waals surface area contributed by atoms with Crippen molar-refractivity contribution in [1.82, 2.24) is 10.0 Å². The van der Waals surface area contributed by atoms with E-state index < -0.39 is 10.4 Å². The molecule has 6 nitrogen and oxygen atoms in total. The summed E-state index contributed by atoms with van der Waals surface area (Å²) in [6, 6.07) is 18.1. The molecule has 0 spiro atoms. The number of rotatable bonds is 8. The average molecular weight is 417 g/mol. The first-order chi connectivity index (χ1) is 13.5. The van der Waals surface area contributed by atoms with E-state index in [-0.39, 0.29) is 23.2 Å². The summed E-state index contributed by atoms with van der Waals surface area (Å²) in [6.45, 7) is 0.314. The van der Waals surface area contributed by atoms with Crippen LogP contribution in [0.25, 0.3) is 11.1 Å². The summed E-state index contributed by atoms with van der Waals surface area (Å²) in [5, 5.41) is 4.41. The molecule has 2 aromatic carbocycles. The van der Waals surface area contributed by atoms with Crippen LogP contribution in [0.5, 0.6) is 5.75 Å². The molecule has 0 aliphatic rings. The molecule has 3 rings (SSSR count). The van der Waals surface area contributed by atoms with Gasteiger partial charge in [0.15, 0.2) is 10.4 Å². The summed E-state index contributed by atoms with van der Waals surface area (Å²) in [5.74, 6) is 0.511. The molecule has 146 valence electrons. The van der Waals surface area contributed by atoms with E-state index in [1.165, 1.54) is 6.07 Å². The summed E-state index contributed by atoms with van der Waals surface area (Å²) in [7, 11) is -1.90. The quantitative estimate of drug-likeness (QED) is 0.435. The summed E-state index contributed by atoms with van der Waals surface area (Å²) in [4.78, 5) is 12.2. The van der Waals surface area contributed by atoms with E-state index in [9.17, 15) is 13.6 Å². The van der Waals surface area contributed by atoms with Gasteiger partial charge in [0.2, 0.25) is 4.21 Å². The topological polar surface area (TPSA) is 90.5 Å². The Hall–Kier alpha value is -2.52. The van der Waals surface area contributed by atoms with E-state index in [4.69, 9.17) is 4.74 Å². The molecular formula is C20H20N2O4S2. The standard InChI is InChI=1S/C20H20N2O4S2/c1-26-18-5-2-4-17(14-18)15-7-9-16(10-8-15)20(23)21-11-12-22-28(24,25)19-6-3-13-27-19/h2-10,13-14H,11-12H2,1H3,(H2-,21,22,23,24,25).